The van der Waals surface area contributed by atoms with Crippen LogP contribution < -0.4 is 15.6 Å². The van der Waals surface area contributed by atoms with Crippen molar-refractivity contribution in [2.24, 2.45) is 0 Å². The Kier molecular flexibility index (Phi) is 5.66. The lowest BCUT2D eigenvalue weighted by atomic mass is 10.1. The van der Waals surface area contributed by atoms with Crippen LogP contribution in [0.2, 0.25) is 0 Å². The van der Waals surface area contributed by atoms with Gasteiger partial charge in [-0.25, -0.2) is 9.07 Å². The fraction of sp³-hybridized carbons (Fsp3) is 0.105. The zero-order valence-corrected chi connectivity index (χ0v) is 15.9. The van der Waals surface area contributed by atoms with Crippen LogP contribution in [-0.4, -0.2) is 22.8 Å². The highest BCUT2D eigenvalue weighted by molar-refractivity contribution is 9.10. The number of nitrogens with zero attached hydrogens (tertiary/aromatic N) is 2. The van der Waals surface area contributed by atoms with Crippen LogP contribution in [0.3, 0.4) is 0 Å². The van der Waals surface area contributed by atoms with E-state index < -0.39 is 17.3 Å². The lowest BCUT2D eigenvalue weighted by molar-refractivity contribution is -0.117. The minimum absolute atomic E-state index is 0.0769. The Hall–Kier alpha value is -3.00. The van der Waals surface area contributed by atoms with E-state index in [-0.39, 0.29) is 18.0 Å². The maximum Gasteiger partial charge on any atom is 0.267 e. The summed E-state index contributed by atoms with van der Waals surface area (Å²) >= 11 is 3.36. The normalized spacial score (nSPS) is 10.5. The summed E-state index contributed by atoms with van der Waals surface area (Å²) in [6, 6.07) is 14.4. The third kappa shape index (κ3) is 4.59. The first-order valence-corrected chi connectivity index (χ1v) is 8.73. The van der Waals surface area contributed by atoms with Gasteiger partial charge >= 0.3 is 0 Å². The zero-order chi connectivity index (χ0) is 19.4. The molecule has 3 rings (SSSR count). The van der Waals surface area contributed by atoms with Crippen LogP contribution in [0.25, 0.3) is 11.3 Å². The fourth-order valence-corrected chi connectivity index (χ4v) is 2.68. The van der Waals surface area contributed by atoms with Crippen molar-refractivity contribution in [3.63, 3.8) is 0 Å². The molecule has 1 heterocycles. The molecule has 0 fully saturated rings. The van der Waals surface area contributed by atoms with Gasteiger partial charge in [0.25, 0.3) is 5.56 Å². The van der Waals surface area contributed by atoms with Crippen LogP contribution in [0, 0.1) is 5.82 Å². The van der Waals surface area contributed by atoms with Crippen LogP contribution in [0.15, 0.2) is 63.9 Å². The van der Waals surface area contributed by atoms with E-state index in [0.29, 0.717) is 5.69 Å². The van der Waals surface area contributed by atoms with E-state index in [0.717, 1.165) is 20.8 Å². The fourth-order valence-electron chi connectivity index (χ4n) is 2.42. The Morgan fingerprint density at radius 1 is 1.19 bits per heavy atom. The molecule has 1 aromatic heterocycles. The van der Waals surface area contributed by atoms with Gasteiger partial charge in [0.2, 0.25) is 5.91 Å². The van der Waals surface area contributed by atoms with Gasteiger partial charge in [-0.2, -0.15) is 5.10 Å². The van der Waals surface area contributed by atoms with Crippen molar-refractivity contribution in [1.29, 1.82) is 0 Å². The number of nitrogens with one attached hydrogen (secondary N) is 1. The number of carbonyl (C=O) groups excluding carboxylic acids is 1. The summed E-state index contributed by atoms with van der Waals surface area (Å²) in [5.74, 6) is -1.02. The third-order valence-electron chi connectivity index (χ3n) is 3.74. The molecule has 0 aliphatic rings. The highest BCUT2D eigenvalue weighted by Gasteiger charge is 2.10. The highest BCUT2D eigenvalue weighted by atomic mass is 79.9. The molecule has 0 radical (unpaired) electrons. The molecule has 27 heavy (non-hydrogen) atoms. The Bertz CT molecular complexity index is 1040. The lowest BCUT2D eigenvalue weighted by Crippen LogP contribution is -2.29. The van der Waals surface area contributed by atoms with Gasteiger partial charge in [-0.1, -0.05) is 28.1 Å². The SMILES string of the molecule is COc1ccc(NC(=O)Cn2nc(-c3ccc(Br)cc3)ccc2=O)cc1F. The van der Waals surface area contributed by atoms with Crippen molar-refractivity contribution in [3.8, 4) is 17.0 Å². The molecule has 0 unspecified atom stereocenters. The number of rotatable bonds is 5. The van der Waals surface area contributed by atoms with E-state index in [9.17, 15) is 14.0 Å². The standard InChI is InChI=1S/C19H15BrFN3O3/c1-27-17-8-6-14(10-15(17)21)22-18(25)11-24-19(26)9-7-16(23-24)12-2-4-13(20)5-3-12/h2-10H,11H2,1H3,(H,22,25). The van der Waals surface area contributed by atoms with Crippen LogP contribution in [0.5, 0.6) is 5.75 Å². The number of benzene rings is 2. The molecule has 3 aromatic rings. The molecule has 1 amide bonds. The van der Waals surface area contributed by atoms with Gasteiger partial charge in [0, 0.05) is 27.9 Å². The second kappa shape index (κ2) is 8.13. The van der Waals surface area contributed by atoms with Gasteiger partial charge in [-0.05, 0) is 30.3 Å². The molecular weight excluding hydrogens is 417 g/mol. The Balaban J connectivity index is 1.77. The van der Waals surface area contributed by atoms with E-state index in [1.165, 1.54) is 25.3 Å². The smallest absolute Gasteiger partial charge is 0.267 e. The van der Waals surface area contributed by atoms with Crippen LogP contribution in [0.1, 0.15) is 0 Å². The molecule has 2 aromatic carbocycles. The van der Waals surface area contributed by atoms with Crippen LogP contribution in [-0.2, 0) is 11.3 Å². The van der Waals surface area contributed by atoms with Gasteiger partial charge < -0.3 is 10.1 Å². The second-order valence-electron chi connectivity index (χ2n) is 5.62. The molecule has 0 spiro atoms. The maximum atomic E-state index is 13.7. The first-order chi connectivity index (χ1) is 13.0. The maximum absolute atomic E-state index is 13.7. The van der Waals surface area contributed by atoms with E-state index in [4.69, 9.17) is 4.74 Å². The molecule has 0 atom stereocenters. The first-order valence-electron chi connectivity index (χ1n) is 7.94. The number of amides is 1. The number of halogens is 2. The largest absolute Gasteiger partial charge is 0.494 e. The van der Waals surface area contributed by atoms with Crippen molar-refractivity contribution in [2.45, 2.75) is 6.54 Å². The van der Waals surface area contributed by atoms with Gasteiger partial charge in [-0.3, -0.25) is 9.59 Å². The molecule has 6 nitrogen and oxygen atoms in total. The van der Waals surface area contributed by atoms with Gasteiger partial charge in [0.1, 0.15) is 6.54 Å². The molecular formula is C19H15BrFN3O3. The molecule has 0 bridgehead atoms. The highest BCUT2D eigenvalue weighted by Crippen LogP contribution is 2.21. The average molecular weight is 432 g/mol. The summed E-state index contributed by atoms with van der Waals surface area (Å²) in [5, 5.41) is 6.77. The molecule has 138 valence electrons. The molecule has 0 aliphatic heterocycles. The number of carbonyl (C=O) groups is 1. The number of hydrogen-bond donors (Lipinski definition) is 1. The number of anilines is 1. The Labute approximate surface area is 162 Å². The molecule has 1 N–H and O–H groups in total. The summed E-state index contributed by atoms with van der Waals surface area (Å²) in [6.07, 6.45) is 0. The minimum atomic E-state index is -0.595. The molecule has 8 heteroatoms. The molecule has 0 saturated carbocycles. The monoisotopic (exact) mass is 431 g/mol. The topological polar surface area (TPSA) is 73.2 Å². The van der Waals surface area contributed by atoms with Gasteiger partial charge in [0.05, 0.1) is 12.8 Å². The lowest BCUT2D eigenvalue weighted by Gasteiger charge is -2.09. The van der Waals surface area contributed by atoms with Gasteiger partial charge in [0.15, 0.2) is 11.6 Å². The number of ether oxygens (including phenoxy) is 1. The summed E-state index contributed by atoms with van der Waals surface area (Å²) in [5.41, 5.74) is 1.22. The molecule has 0 aliphatic carbocycles. The number of methoxy groups -OCH3 is 1. The van der Waals surface area contributed by atoms with E-state index >= 15 is 0 Å². The van der Waals surface area contributed by atoms with E-state index in [2.05, 4.69) is 26.3 Å². The minimum Gasteiger partial charge on any atom is -0.494 e. The number of hydrogen-bond acceptors (Lipinski definition) is 4. The van der Waals surface area contributed by atoms with Crippen molar-refractivity contribution >= 4 is 27.5 Å². The summed E-state index contributed by atoms with van der Waals surface area (Å²) < 4.78 is 20.5. The number of aromatic nitrogens is 2. The van der Waals surface area contributed by atoms with Crippen LogP contribution >= 0.6 is 15.9 Å². The predicted octanol–water partition coefficient (Wildman–Crippen LogP) is 3.46. The van der Waals surface area contributed by atoms with Crippen LogP contribution in [0.4, 0.5) is 10.1 Å². The molecule has 0 saturated heterocycles. The van der Waals surface area contributed by atoms with E-state index in [1.807, 2.05) is 24.3 Å². The van der Waals surface area contributed by atoms with Gasteiger partial charge in [-0.15, -0.1) is 0 Å². The second-order valence-corrected chi connectivity index (χ2v) is 6.53. The van der Waals surface area contributed by atoms with E-state index in [1.54, 1.807) is 6.07 Å². The summed E-state index contributed by atoms with van der Waals surface area (Å²) in [4.78, 5) is 24.2. The Morgan fingerprint density at radius 3 is 2.59 bits per heavy atom. The van der Waals surface area contributed by atoms with Crippen molar-refractivity contribution in [3.05, 3.63) is 75.2 Å². The van der Waals surface area contributed by atoms with Crippen molar-refractivity contribution in [1.82, 2.24) is 9.78 Å². The van der Waals surface area contributed by atoms with Crippen molar-refractivity contribution < 1.29 is 13.9 Å². The average Bonchev–Trinajstić information content (AvgIpc) is 2.64. The third-order valence-corrected chi connectivity index (χ3v) is 4.26. The summed E-state index contributed by atoms with van der Waals surface area (Å²) in [6.45, 7) is -0.295. The Morgan fingerprint density at radius 2 is 1.93 bits per heavy atom. The quantitative estimate of drug-likeness (QED) is 0.671. The summed E-state index contributed by atoms with van der Waals surface area (Å²) in [7, 11) is 1.35. The zero-order valence-electron chi connectivity index (χ0n) is 14.3. The first kappa shape index (κ1) is 18.8. The predicted molar refractivity (Wildman–Crippen MR) is 103 cm³/mol. The van der Waals surface area contributed by atoms with Crippen molar-refractivity contribution in [2.75, 3.05) is 12.4 Å².